The number of nitrogens with zero attached hydrogens (tertiary/aromatic N) is 1. The normalized spacial score (nSPS) is 9.95. The summed E-state index contributed by atoms with van der Waals surface area (Å²) in [6.45, 7) is 0. The number of rotatable bonds is 4. The van der Waals surface area contributed by atoms with E-state index in [1.54, 1.807) is 6.07 Å². The van der Waals surface area contributed by atoms with Crippen molar-refractivity contribution in [2.75, 3.05) is 0 Å². The molecule has 0 heterocycles. The van der Waals surface area contributed by atoms with Crippen LogP contribution < -0.4 is 4.74 Å². The Labute approximate surface area is 127 Å². The van der Waals surface area contributed by atoms with Crippen LogP contribution in [0.15, 0.2) is 46.9 Å². The van der Waals surface area contributed by atoms with Gasteiger partial charge in [0, 0.05) is 10.5 Å². The van der Waals surface area contributed by atoms with Gasteiger partial charge in [-0.05, 0) is 24.3 Å². The highest BCUT2D eigenvalue weighted by Crippen LogP contribution is 2.24. The van der Waals surface area contributed by atoms with E-state index in [2.05, 4.69) is 15.9 Å². The summed E-state index contributed by atoms with van der Waals surface area (Å²) in [5.41, 5.74) is -0.370. The fourth-order valence-corrected chi connectivity index (χ4v) is 2.04. The lowest BCUT2D eigenvalue weighted by atomic mass is 10.2. The SMILES string of the molecule is O=Cc1cc(Br)ccc1OC(=O)c1ccccc1[N+](=O)[O-]. The van der Waals surface area contributed by atoms with E-state index < -0.39 is 10.9 Å². The van der Waals surface area contributed by atoms with E-state index in [1.165, 1.54) is 36.4 Å². The fourth-order valence-electron chi connectivity index (χ4n) is 1.66. The maximum atomic E-state index is 12.0. The first-order chi connectivity index (χ1) is 10.0. The zero-order valence-electron chi connectivity index (χ0n) is 10.5. The third-order valence-electron chi connectivity index (χ3n) is 2.62. The first-order valence-electron chi connectivity index (χ1n) is 5.73. The molecule has 0 spiro atoms. The highest BCUT2D eigenvalue weighted by Gasteiger charge is 2.21. The minimum atomic E-state index is -0.896. The zero-order valence-corrected chi connectivity index (χ0v) is 12.1. The number of nitro benzene ring substituents is 1. The van der Waals surface area contributed by atoms with Crippen LogP contribution in [0.1, 0.15) is 20.7 Å². The van der Waals surface area contributed by atoms with Crippen molar-refractivity contribution in [1.82, 2.24) is 0 Å². The molecule has 0 N–H and O–H groups in total. The first-order valence-corrected chi connectivity index (χ1v) is 6.52. The summed E-state index contributed by atoms with van der Waals surface area (Å²) in [5.74, 6) is -0.857. The van der Waals surface area contributed by atoms with Crippen LogP contribution in [0.4, 0.5) is 5.69 Å². The smallest absolute Gasteiger partial charge is 0.350 e. The van der Waals surface area contributed by atoms with Crippen molar-refractivity contribution in [3.63, 3.8) is 0 Å². The molecule has 0 aromatic heterocycles. The van der Waals surface area contributed by atoms with Crippen LogP contribution >= 0.6 is 15.9 Å². The van der Waals surface area contributed by atoms with E-state index >= 15 is 0 Å². The number of ether oxygens (including phenoxy) is 1. The molecular weight excluding hydrogens is 342 g/mol. The molecule has 7 heteroatoms. The molecule has 106 valence electrons. The van der Waals surface area contributed by atoms with Gasteiger partial charge in [0.1, 0.15) is 11.3 Å². The fraction of sp³-hybridized carbons (Fsp3) is 0. The number of para-hydroxylation sites is 1. The largest absolute Gasteiger partial charge is 0.422 e. The Morgan fingerprint density at radius 2 is 1.95 bits per heavy atom. The van der Waals surface area contributed by atoms with Gasteiger partial charge in [0.15, 0.2) is 6.29 Å². The summed E-state index contributed by atoms with van der Waals surface area (Å²) in [7, 11) is 0. The quantitative estimate of drug-likeness (QED) is 0.277. The third kappa shape index (κ3) is 3.32. The van der Waals surface area contributed by atoms with E-state index in [4.69, 9.17) is 4.74 Å². The van der Waals surface area contributed by atoms with Crippen molar-refractivity contribution in [3.05, 3.63) is 68.2 Å². The second-order valence-electron chi connectivity index (χ2n) is 3.96. The second-order valence-corrected chi connectivity index (χ2v) is 4.88. The average Bonchev–Trinajstić information content (AvgIpc) is 2.48. The van der Waals surface area contributed by atoms with Gasteiger partial charge in [-0.15, -0.1) is 0 Å². The lowest BCUT2D eigenvalue weighted by Crippen LogP contribution is -2.12. The molecule has 0 fully saturated rings. The number of carbonyl (C=O) groups is 2. The van der Waals surface area contributed by atoms with Crippen molar-refractivity contribution >= 4 is 33.9 Å². The minimum absolute atomic E-state index is 0.0383. The molecular formula is C14H8BrNO5. The van der Waals surface area contributed by atoms with Gasteiger partial charge in [-0.3, -0.25) is 14.9 Å². The summed E-state index contributed by atoms with van der Waals surface area (Å²) >= 11 is 3.19. The van der Waals surface area contributed by atoms with Gasteiger partial charge < -0.3 is 4.74 Å². The Hall–Kier alpha value is -2.54. The van der Waals surface area contributed by atoms with Crippen molar-refractivity contribution in [2.45, 2.75) is 0 Å². The van der Waals surface area contributed by atoms with Crippen molar-refractivity contribution in [3.8, 4) is 5.75 Å². The Bertz CT molecular complexity index is 729. The molecule has 21 heavy (non-hydrogen) atoms. The van der Waals surface area contributed by atoms with Gasteiger partial charge in [-0.1, -0.05) is 28.1 Å². The van der Waals surface area contributed by atoms with Crippen LogP contribution in [0.5, 0.6) is 5.75 Å². The first kappa shape index (κ1) is 14.9. The maximum absolute atomic E-state index is 12.0. The Morgan fingerprint density at radius 3 is 2.62 bits per heavy atom. The lowest BCUT2D eigenvalue weighted by Gasteiger charge is -2.07. The third-order valence-corrected chi connectivity index (χ3v) is 3.12. The van der Waals surface area contributed by atoms with E-state index in [1.807, 2.05) is 0 Å². The van der Waals surface area contributed by atoms with Gasteiger partial charge in [-0.2, -0.15) is 0 Å². The monoisotopic (exact) mass is 349 g/mol. The Kier molecular flexibility index (Phi) is 4.44. The summed E-state index contributed by atoms with van der Waals surface area (Å²) in [5, 5.41) is 10.9. The van der Waals surface area contributed by atoms with Crippen molar-refractivity contribution in [2.24, 2.45) is 0 Å². The predicted molar refractivity (Wildman–Crippen MR) is 77.6 cm³/mol. The molecule has 0 saturated heterocycles. The minimum Gasteiger partial charge on any atom is -0.422 e. The lowest BCUT2D eigenvalue weighted by molar-refractivity contribution is -0.385. The molecule has 2 aromatic rings. The van der Waals surface area contributed by atoms with Gasteiger partial charge >= 0.3 is 5.97 Å². The summed E-state index contributed by atoms with van der Waals surface area (Å²) < 4.78 is 5.72. The van der Waals surface area contributed by atoms with E-state index in [0.717, 1.165) is 0 Å². The van der Waals surface area contributed by atoms with E-state index in [0.29, 0.717) is 10.8 Å². The summed E-state index contributed by atoms with van der Waals surface area (Å²) in [6.07, 6.45) is 0.535. The topological polar surface area (TPSA) is 86.5 Å². The van der Waals surface area contributed by atoms with Crippen LogP contribution in [0.3, 0.4) is 0 Å². The molecule has 2 aromatic carbocycles. The number of hydrogen-bond donors (Lipinski definition) is 0. The van der Waals surface area contributed by atoms with Gasteiger partial charge in [0.2, 0.25) is 0 Å². The van der Waals surface area contributed by atoms with Crippen LogP contribution in [-0.4, -0.2) is 17.2 Å². The number of aldehydes is 1. The molecule has 2 rings (SSSR count). The Morgan fingerprint density at radius 1 is 1.24 bits per heavy atom. The number of nitro groups is 1. The van der Waals surface area contributed by atoms with Gasteiger partial charge in [-0.25, -0.2) is 4.79 Å². The average molecular weight is 350 g/mol. The Balaban J connectivity index is 2.35. The van der Waals surface area contributed by atoms with E-state index in [9.17, 15) is 19.7 Å². The van der Waals surface area contributed by atoms with Crippen LogP contribution in [0, 0.1) is 10.1 Å². The molecule has 0 saturated carbocycles. The number of benzene rings is 2. The van der Waals surface area contributed by atoms with E-state index in [-0.39, 0.29) is 22.6 Å². The molecule has 0 bridgehead atoms. The molecule has 0 aliphatic heterocycles. The molecule has 0 atom stereocenters. The molecule has 0 radical (unpaired) electrons. The standard InChI is InChI=1S/C14H8BrNO5/c15-10-5-6-13(9(7-10)8-17)21-14(18)11-3-1-2-4-12(11)16(19)20/h1-8H. The predicted octanol–water partition coefficient (Wildman–Crippen LogP) is 3.39. The van der Waals surface area contributed by atoms with Gasteiger partial charge in [0.25, 0.3) is 5.69 Å². The molecule has 0 aliphatic rings. The number of carbonyl (C=O) groups excluding carboxylic acids is 2. The highest BCUT2D eigenvalue weighted by atomic mass is 79.9. The number of hydrogen-bond acceptors (Lipinski definition) is 5. The van der Waals surface area contributed by atoms with Crippen LogP contribution in [-0.2, 0) is 0 Å². The van der Waals surface area contributed by atoms with Crippen LogP contribution in [0.2, 0.25) is 0 Å². The number of esters is 1. The molecule has 0 amide bonds. The summed E-state index contributed by atoms with van der Waals surface area (Å²) in [6, 6.07) is 9.94. The second kappa shape index (κ2) is 6.27. The maximum Gasteiger partial charge on any atom is 0.350 e. The molecule has 6 nitrogen and oxygen atoms in total. The van der Waals surface area contributed by atoms with Crippen molar-refractivity contribution in [1.29, 1.82) is 0 Å². The number of halogens is 1. The molecule has 0 aliphatic carbocycles. The van der Waals surface area contributed by atoms with Crippen molar-refractivity contribution < 1.29 is 19.2 Å². The zero-order chi connectivity index (χ0) is 15.4. The van der Waals surface area contributed by atoms with Crippen LogP contribution in [0.25, 0.3) is 0 Å². The highest BCUT2D eigenvalue weighted by molar-refractivity contribution is 9.10. The summed E-state index contributed by atoms with van der Waals surface area (Å²) in [4.78, 5) is 33.2. The molecule has 0 unspecified atom stereocenters. The van der Waals surface area contributed by atoms with Gasteiger partial charge in [0.05, 0.1) is 10.5 Å².